The Morgan fingerprint density at radius 3 is 2.86 bits per heavy atom. The molecule has 0 radical (unpaired) electrons. The predicted octanol–water partition coefficient (Wildman–Crippen LogP) is 3.28. The van der Waals surface area contributed by atoms with E-state index >= 15 is 0 Å². The molecule has 0 aliphatic carbocycles. The molecule has 3 aromatic rings. The van der Waals surface area contributed by atoms with E-state index in [0.717, 1.165) is 23.5 Å². The topological polar surface area (TPSA) is 80.9 Å². The summed E-state index contributed by atoms with van der Waals surface area (Å²) in [5, 5.41) is 18.4. The van der Waals surface area contributed by atoms with E-state index in [-0.39, 0.29) is 12.5 Å². The number of carbonyl (C=O) groups is 1. The number of H-pyrrole nitrogens is 1. The number of benzene rings is 1. The number of nitrogens with zero attached hydrogens (tertiary/aromatic N) is 5. The summed E-state index contributed by atoms with van der Waals surface area (Å²) in [6, 6.07) is 13.8. The number of anilines is 1. The molecule has 2 aromatic heterocycles. The number of aromatic nitrogens is 3. The average molecular weight is 425 g/mol. The van der Waals surface area contributed by atoms with Crippen molar-refractivity contribution in [2.24, 2.45) is 0 Å². The molecule has 148 valence electrons. The summed E-state index contributed by atoms with van der Waals surface area (Å²) in [6.07, 6.45) is 0.847. The number of hydrogen-bond donors (Lipinski definition) is 1. The third-order valence-corrected chi connectivity index (χ3v) is 6.18. The normalized spacial score (nSPS) is 14.4. The van der Waals surface area contributed by atoms with Gasteiger partial charge in [-0.05, 0) is 42.2 Å². The van der Waals surface area contributed by atoms with Crippen molar-refractivity contribution in [2.75, 3.05) is 31.1 Å². The third-order valence-electron chi connectivity index (χ3n) is 5.01. The van der Waals surface area contributed by atoms with Gasteiger partial charge in [0.2, 0.25) is 5.91 Å². The Hall–Kier alpha value is -2.96. The zero-order valence-corrected chi connectivity index (χ0v) is 17.4. The number of thiophene rings is 1. The Balaban J connectivity index is 1.47. The van der Waals surface area contributed by atoms with Crippen molar-refractivity contribution < 1.29 is 4.79 Å². The summed E-state index contributed by atoms with van der Waals surface area (Å²) in [5.41, 5.74) is 1.60. The lowest BCUT2D eigenvalue weighted by atomic mass is 10.1. The van der Waals surface area contributed by atoms with Crippen molar-refractivity contribution >= 4 is 35.1 Å². The maximum absolute atomic E-state index is 13.0. The molecule has 0 spiro atoms. The standard InChI is InChI=1S/C20H20N6OS2/c21-13-15-5-1-2-6-16(15)24-8-4-9-25(11-10-24)18(27)14-26-19(22-23-20(26)28)17-7-3-12-29-17/h1-3,5-7,12H,4,8-11,14H2,(H,23,28). The van der Waals surface area contributed by atoms with Crippen molar-refractivity contribution in [1.82, 2.24) is 19.7 Å². The molecule has 0 atom stereocenters. The van der Waals surface area contributed by atoms with Crippen molar-refractivity contribution in [3.8, 4) is 16.8 Å². The van der Waals surface area contributed by atoms with Gasteiger partial charge in [-0.3, -0.25) is 14.5 Å². The second kappa shape index (κ2) is 8.59. The molecule has 29 heavy (non-hydrogen) atoms. The zero-order chi connectivity index (χ0) is 20.2. The first kappa shape index (κ1) is 19.4. The Morgan fingerprint density at radius 1 is 1.21 bits per heavy atom. The fourth-order valence-corrected chi connectivity index (χ4v) is 4.46. The minimum absolute atomic E-state index is 0.0238. The number of nitriles is 1. The van der Waals surface area contributed by atoms with E-state index in [1.54, 1.807) is 15.9 Å². The largest absolute Gasteiger partial charge is 0.369 e. The van der Waals surface area contributed by atoms with Crippen LogP contribution in [0.2, 0.25) is 0 Å². The van der Waals surface area contributed by atoms with Gasteiger partial charge in [-0.2, -0.15) is 10.4 Å². The number of nitrogens with one attached hydrogen (secondary N) is 1. The van der Waals surface area contributed by atoms with Crippen LogP contribution < -0.4 is 4.90 Å². The van der Waals surface area contributed by atoms with E-state index in [9.17, 15) is 10.1 Å². The lowest BCUT2D eigenvalue weighted by Gasteiger charge is -2.24. The van der Waals surface area contributed by atoms with Gasteiger partial charge in [-0.1, -0.05) is 18.2 Å². The Morgan fingerprint density at radius 2 is 2.07 bits per heavy atom. The van der Waals surface area contributed by atoms with Gasteiger partial charge in [0.05, 0.1) is 16.1 Å². The van der Waals surface area contributed by atoms with Crippen molar-refractivity contribution in [1.29, 1.82) is 5.26 Å². The number of hydrogen-bond acceptors (Lipinski definition) is 6. The number of rotatable bonds is 4. The van der Waals surface area contributed by atoms with Crippen LogP contribution in [-0.2, 0) is 11.3 Å². The maximum Gasteiger partial charge on any atom is 0.242 e. The van der Waals surface area contributed by atoms with Crippen LogP contribution in [0.15, 0.2) is 41.8 Å². The summed E-state index contributed by atoms with van der Waals surface area (Å²) >= 11 is 6.91. The molecule has 0 bridgehead atoms. The van der Waals surface area contributed by atoms with Crippen LogP contribution in [0.5, 0.6) is 0 Å². The number of aromatic amines is 1. The van der Waals surface area contributed by atoms with Crippen molar-refractivity contribution in [3.05, 3.63) is 52.1 Å². The highest BCUT2D eigenvalue weighted by atomic mass is 32.1. The van der Waals surface area contributed by atoms with Crippen LogP contribution in [0.1, 0.15) is 12.0 Å². The van der Waals surface area contributed by atoms with Crippen molar-refractivity contribution in [2.45, 2.75) is 13.0 Å². The van der Waals surface area contributed by atoms with E-state index in [2.05, 4.69) is 21.2 Å². The predicted molar refractivity (Wildman–Crippen MR) is 115 cm³/mol. The average Bonchev–Trinajstić information content (AvgIpc) is 3.31. The molecule has 3 heterocycles. The Kier molecular flexibility index (Phi) is 5.74. The molecule has 0 saturated carbocycles. The zero-order valence-electron chi connectivity index (χ0n) is 15.7. The van der Waals surface area contributed by atoms with Crippen LogP contribution in [0.25, 0.3) is 10.7 Å². The van der Waals surface area contributed by atoms with E-state index in [0.29, 0.717) is 35.8 Å². The van der Waals surface area contributed by atoms with E-state index in [1.807, 2.05) is 46.7 Å². The lowest BCUT2D eigenvalue weighted by molar-refractivity contribution is -0.131. The molecule has 1 saturated heterocycles. The highest BCUT2D eigenvalue weighted by Gasteiger charge is 2.22. The van der Waals surface area contributed by atoms with Gasteiger partial charge in [0.15, 0.2) is 10.6 Å². The number of para-hydroxylation sites is 1. The van der Waals surface area contributed by atoms with Gasteiger partial charge in [0.1, 0.15) is 12.6 Å². The summed E-state index contributed by atoms with van der Waals surface area (Å²) in [7, 11) is 0. The molecular weight excluding hydrogens is 404 g/mol. The minimum atomic E-state index is 0.0238. The monoisotopic (exact) mass is 424 g/mol. The van der Waals surface area contributed by atoms with Gasteiger partial charge in [-0.15, -0.1) is 11.3 Å². The first-order valence-electron chi connectivity index (χ1n) is 9.38. The van der Waals surface area contributed by atoms with Gasteiger partial charge in [-0.25, -0.2) is 0 Å². The first-order valence-corrected chi connectivity index (χ1v) is 10.7. The molecule has 9 heteroatoms. The van der Waals surface area contributed by atoms with Gasteiger partial charge in [0, 0.05) is 26.2 Å². The first-order chi connectivity index (χ1) is 14.2. The summed E-state index contributed by atoms with van der Waals surface area (Å²) < 4.78 is 2.21. The maximum atomic E-state index is 13.0. The fraction of sp³-hybridized carbons (Fsp3) is 0.300. The van der Waals surface area contributed by atoms with Crippen LogP contribution >= 0.6 is 23.6 Å². The van der Waals surface area contributed by atoms with Gasteiger partial charge >= 0.3 is 0 Å². The molecule has 0 unspecified atom stereocenters. The molecule has 1 aliphatic rings. The highest BCUT2D eigenvalue weighted by Crippen LogP contribution is 2.24. The summed E-state index contributed by atoms with van der Waals surface area (Å²) in [5.74, 6) is 0.716. The van der Waals surface area contributed by atoms with Crippen LogP contribution in [0, 0.1) is 16.1 Å². The van der Waals surface area contributed by atoms with Gasteiger partial charge in [0.25, 0.3) is 0 Å². The quantitative estimate of drug-likeness (QED) is 0.650. The van der Waals surface area contributed by atoms with Crippen molar-refractivity contribution in [3.63, 3.8) is 0 Å². The van der Waals surface area contributed by atoms with Crippen LogP contribution in [-0.4, -0.2) is 51.8 Å². The third kappa shape index (κ3) is 4.09. The number of carbonyl (C=O) groups excluding carboxylic acids is 1. The fourth-order valence-electron chi connectivity index (χ4n) is 3.55. The smallest absolute Gasteiger partial charge is 0.242 e. The molecule has 4 rings (SSSR count). The molecule has 1 amide bonds. The summed E-state index contributed by atoms with van der Waals surface area (Å²) in [6.45, 7) is 2.96. The van der Waals surface area contributed by atoms with Crippen LogP contribution in [0.4, 0.5) is 5.69 Å². The van der Waals surface area contributed by atoms with E-state index in [1.165, 1.54) is 0 Å². The SMILES string of the molecule is N#Cc1ccccc1N1CCCN(C(=O)Cn2c(-c3cccs3)n[nH]c2=S)CC1. The van der Waals surface area contributed by atoms with E-state index in [4.69, 9.17) is 12.2 Å². The van der Waals surface area contributed by atoms with E-state index < -0.39 is 0 Å². The van der Waals surface area contributed by atoms with Crippen LogP contribution in [0.3, 0.4) is 0 Å². The highest BCUT2D eigenvalue weighted by molar-refractivity contribution is 7.71. The molecule has 1 aliphatic heterocycles. The Bertz CT molecular complexity index is 1090. The molecule has 7 nitrogen and oxygen atoms in total. The lowest BCUT2D eigenvalue weighted by Crippen LogP contribution is -2.37. The minimum Gasteiger partial charge on any atom is -0.369 e. The second-order valence-corrected chi connectivity index (χ2v) is 8.10. The second-order valence-electron chi connectivity index (χ2n) is 6.77. The number of amides is 1. The molecule has 1 N–H and O–H groups in total. The Labute approximate surface area is 177 Å². The molecular formula is C20H20N6OS2. The molecule has 1 aromatic carbocycles. The molecule has 1 fully saturated rings. The summed E-state index contributed by atoms with van der Waals surface area (Å²) in [4.78, 5) is 18.0. The van der Waals surface area contributed by atoms with Gasteiger partial charge < -0.3 is 9.80 Å².